The van der Waals surface area contributed by atoms with Gasteiger partial charge in [-0.05, 0) is 57.8 Å². The molecular formula is C73H141NO5. The van der Waals surface area contributed by atoms with Crippen molar-refractivity contribution in [2.45, 2.75) is 418 Å². The minimum absolute atomic E-state index is 0.0158. The fraction of sp³-hybridized carbons (Fsp3) is 0.918. The summed E-state index contributed by atoms with van der Waals surface area (Å²) in [4.78, 5) is 24.6. The SMILES string of the molecule is CCCCCCCCCCCCCCCCCCCCCCC/C=C/C(O)C(CO)NC(=O)CCCCCCCCCC/C=C\CCCCCCCCCCCCCCOC(=O)CCCCCCCCCCCCCCCCC. The monoisotopic (exact) mass is 1110 g/mol. The zero-order chi connectivity index (χ0) is 57.1. The number of carbonyl (C=O) groups excluding carboxylic acids is 2. The Labute approximate surface area is 494 Å². The lowest BCUT2D eigenvalue weighted by atomic mass is 10.0. The first-order valence-electron chi connectivity index (χ1n) is 36.1. The molecule has 0 heterocycles. The molecular weight excluding hydrogens is 971 g/mol. The third kappa shape index (κ3) is 65.4. The molecule has 0 saturated heterocycles. The number of nitrogens with one attached hydrogen (secondary N) is 1. The van der Waals surface area contributed by atoms with Crippen LogP contribution in [0.3, 0.4) is 0 Å². The zero-order valence-electron chi connectivity index (χ0n) is 53.6. The second-order valence-electron chi connectivity index (χ2n) is 24.9. The number of hydrogen-bond acceptors (Lipinski definition) is 5. The molecule has 0 saturated carbocycles. The van der Waals surface area contributed by atoms with Gasteiger partial charge in [-0.2, -0.15) is 0 Å². The normalized spacial score (nSPS) is 12.6. The molecule has 0 aromatic rings. The van der Waals surface area contributed by atoms with Gasteiger partial charge in [0, 0.05) is 12.8 Å². The predicted molar refractivity (Wildman–Crippen MR) is 347 cm³/mol. The van der Waals surface area contributed by atoms with Gasteiger partial charge in [-0.3, -0.25) is 9.59 Å². The van der Waals surface area contributed by atoms with Gasteiger partial charge in [0.05, 0.1) is 25.4 Å². The summed E-state index contributed by atoms with van der Waals surface area (Å²) in [5.41, 5.74) is 0. The topological polar surface area (TPSA) is 95.9 Å². The maximum absolute atomic E-state index is 12.5. The molecule has 0 spiro atoms. The summed E-state index contributed by atoms with van der Waals surface area (Å²) in [7, 11) is 0. The van der Waals surface area contributed by atoms with E-state index in [0.717, 1.165) is 38.5 Å². The standard InChI is InChI=1S/C73H141NO5/c1-3-5-7-9-11-13-15-17-19-20-21-22-25-28-31-34-38-41-45-49-53-57-61-65-71(76)70(69-75)74-72(77)66-62-58-54-50-46-42-39-35-32-29-26-23-24-27-30-33-36-40-44-48-52-56-60-64-68-79-73(78)67-63-59-55-51-47-43-37-18-16-14-12-10-8-6-4-2/h26,29,61,65,70-71,75-76H,3-25,27-28,30-60,62-64,66-69H2,1-2H3,(H,74,77)/b29-26-,65-61+. The highest BCUT2D eigenvalue weighted by Crippen LogP contribution is 2.19. The number of amides is 1. The van der Waals surface area contributed by atoms with Crippen molar-refractivity contribution < 1.29 is 24.5 Å². The molecule has 0 aromatic carbocycles. The molecule has 6 heteroatoms. The van der Waals surface area contributed by atoms with Crippen LogP contribution in [0.1, 0.15) is 406 Å². The first-order valence-corrected chi connectivity index (χ1v) is 36.1. The Hall–Kier alpha value is -1.66. The first-order chi connectivity index (χ1) is 39.0. The van der Waals surface area contributed by atoms with Crippen molar-refractivity contribution in [2.75, 3.05) is 13.2 Å². The molecule has 0 aliphatic rings. The van der Waals surface area contributed by atoms with E-state index in [0.29, 0.717) is 19.4 Å². The van der Waals surface area contributed by atoms with Gasteiger partial charge in [0.2, 0.25) is 5.91 Å². The summed E-state index contributed by atoms with van der Waals surface area (Å²) < 4.78 is 5.50. The van der Waals surface area contributed by atoms with Crippen LogP contribution in [0.15, 0.2) is 24.3 Å². The number of aliphatic hydroxyl groups is 2. The van der Waals surface area contributed by atoms with Gasteiger partial charge in [-0.25, -0.2) is 0 Å². The zero-order valence-corrected chi connectivity index (χ0v) is 53.6. The van der Waals surface area contributed by atoms with E-state index in [4.69, 9.17) is 4.74 Å². The lowest BCUT2D eigenvalue weighted by molar-refractivity contribution is -0.143. The van der Waals surface area contributed by atoms with E-state index in [1.165, 1.54) is 340 Å². The second-order valence-corrected chi connectivity index (χ2v) is 24.9. The fourth-order valence-corrected chi connectivity index (χ4v) is 11.5. The molecule has 0 rings (SSSR count). The van der Waals surface area contributed by atoms with Crippen LogP contribution in [-0.2, 0) is 14.3 Å². The van der Waals surface area contributed by atoms with E-state index in [9.17, 15) is 19.8 Å². The van der Waals surface area contributed by atoms with Crippen LogP contribution in [0.25, 0.3) is 0 Å². The van der Waals surface area contributed by atoms with E-state index in [-0.39, 0.29) is 18.5 Å². The number of ether oxygens (including phenoxy) is 1. The Morgan fingerprint density at radius 3 is 0.899 bits per heavy atom. The van der Waals surface area contributed by atoms with Gasteiger partial charge in [-0.1, -0.05) is 359 Å². The second kappa shape index (κ2) is 68.8. The summed E-state index contributed by atoms with van der Waals surface area (Å²) in [6.45, 7) is 4.95. The summed E-state index contributed by atoms with van der Waals surface area (Å²) >= 11 is 0. The van der Waals surface area contributed by atoms with Gasteiger partial charge in [-0.15, -0.1) is 0 Å². The van der Waals surface area contributed by atoms with Gasteiger partial charge >= 0.3 is 5.97 Å². The van der Waals surface area contributed by atoms with Crippen molar-refractivity contribution in [1.82, 2.24) is 5.32 Å². The van der Waals surface area contributed by atoms with Crippen molar-refractivity contribution in [1.29, 1.82) is 0 Å². The number of rotatable bonds is 68. The van der Waals surface area contributed by atoms with E-state index in [1.807, 2.05) is 6.08 Å². The van der Waals surface area contributed by atoms with Gasteiger partial charge < -0.3 is 20.3 Å². The van der Waals surface area contributed by atoms with Gasteiger partial charge in [0.1, 0.15) is 0 Å². The summed E-state index contributed by atoms with van der Waals surface area (Å²) in [5, 5.41) is 23.3. The van der Waals surface area contributed by atoms with Crippen molar-refractivity contribution in [3.8, 4) is 0 Å². The van der Waals surface area contributed by atoms with Crippen molar-refractivity contribution in [3.05, 3.63) is 24.3 Å². The quantitative estimate of drug-likeness (QED) is 0.0320. The van der Waals surface area contributed by atoms with E-state index in [1.54, 1.807) is 6.08 Å². The molecule has 2 atom stereocenters. The largest absolute Gasteiger partial charge is 0.466 e. The Balaban J connectivity index is 3.42. The van der Waals surface area contributed by atoms with E-state index >= 15 is 0 Å². The number of aliphatic hydroxyl groups excluding tert-OH is 2. The van der Waals surface area contributed by atoms with Crippen molar-refractivity contribution in [3.63, 3.8) is 0 Å². The number of unbranched alkanes of at least 4 members (excludes halogenated alkanes) is 55. The molecule has 0 aliphatic carbocycles. The van der Waals surface area contributed by atoms with Crippen LogP contribution >= 0.6 is 0 Å². The van der Waals surface area contributed by atoms with Crippen LogP contribution in [-0.4, -0.2) is 47.4 Å². The van der Waals surface area contributed by atoms with Crippen LogP contribution in [0.5, 0.6) is 0 Å². The average Bonchev–Trinajstić information content (AvgIpc) is 3.45. The van der Waals surface area contributed by atoms with Gasteiger partial charge in [0.15, 0.2) is 0 Å². The average molecular weight is 1110 g/mol. The van der Waals surface area contributed by atoms with Crippen molar-refractivity contribution in [2.24, 2.45) is 0 Å². The lowest BCUT2D eigenvalue weighted by Crippen LogP contribution is -2.45. The van der Waals surface area contributed by atoms with Crippen LogP contribution < -0.4 is 5.32 Å². The Morgan fingerprint density at radius 1 is 0.342 bits per heavy atom. The number of allylic oxidation sites excluding steroid dienone is 3. The van der Waals surface area contributed by atoms with Crippen LogP contribution in [0.4, 0.5) is 0 Å². The smallest absolute Gasteiger partial charge is 0.305 e. The molecule has 79 heavy (non-hydrogen) atoms. The van der Waals surface area contributed by atoms with E-state index < -0.39 is 12.1 Å². The molecule has 3 N–H and O–H groups in total. The third-order valence-electron chi connectivity index (χ3n) is 17.0. The first kappa shape index (κ1) is 77.3. The fourth-order valence-electron chi connectivity index (χ4n) is 11.5. The number of hydrogen-bond donors (Lipinski definition) is 3. The molecule has 6 nitrogen and oxygen atoms in total. The van der Waals surface area contributed by atoms with Crippen LogP contribution in [0.2, 0.25) is 0 Å². The highest BCUT2D eigenvalue weighted by Gasteiger charge is 2.18. The molecule has 0 bridgehead atoms. The molecule has 0 aliphatic heterocycles. The summed E-state index contributed by atoms with van der Waals surface area (Å²) in [5.74, 6) is -0.0522. The van der Waals surface area contributed by atoms with Gasteiger partial charge in [0.25, 0.3) is 0 Å². The predicted octanol–water partition coefficient (Wildman–Crippen LogP) is 23.3. The Kier molecular flexibility index (Phi) is 67.4. The highest BCUT2D eigenvalue weighted by molar-refractivity contribution is 5.76. The number of carbonyl (C=O) groups is 2. The minimum atomic E-state index is -0.848. The van der Waals surface area contributed by atoms with Crippen LogP contribution in [0, 0.1) is 0 Å². The molecule has 0 fully saturated rings. The molecule has 1 amide bonds. The third-order valence-corrected chi connectivity index (χ3v) is 17.0. The number of esters is 1. The highest BCUT2D eigenvalue weighted by atomic mass is 16.5. The van der Waals surface area contributed by atoms with E-state index in [2.05, 4.69) is 31.3 Å². The maximum Gasteiger partial charge on any atom is 0.305 e. The maximum atomic E-state index is 12.5. The molecule has 0 aromatic heterocycles. The molecule has 2 unspecified atom stereocenters. The molecule has 0 radical (unpaired) electrons. The minimum Gasteiger partial charge on any atom is -0.466 e. The summed E-state index contributed by atoms with van der Waals surface area (Å²) in [6, 6.07) is -0.632. The van der Waals surface area contributed by atoms with Crippen molar-refractivity contribution >= 4 is 11.9 Å². The lowest BCUT2D eigenvalue weighted by Gasteiger charge is -2.20. The Bertz CT molecular complexity index is 1230. The summed E-state index contributed by atoms with van der Waals surface area (Å²) in [6.07, 6.45) is 86.9. The Morgan fingerprint density at radius 2 is 0.595 bits per heavy atom. The molecule has 468 valence electrons.